The summed E-state index contributed by atoms with van der Waals surface area (Å²) >= 11 is 6.12. The Kier molecular flexibility index (Phi) is 3.32. The molecule has 2 aromatic carbocycles. The molecule has 104 valence electrons. The van der Waals surface area contributed by atoms with E-state index in [1.54, 1.807) is 30.3 Å². The summed E-state index contributed by atoms with van der Waals surface area (Å²) < 4.78 is 26.4. The van der Waals surface area contributed by atoms with E-state index in [1.807, 2.05) is 25.1 Å². The highest BCUT2D eigenvalue weighted by atomic mass is 35.5. The van der Waals surface area contributed by atoms with Gasteiger partial charge in [-0.05, 0) is 30.7 Å². The van der Waals surface area contributed by atoms with Crippen LogP contribution in [0.1, 0.15) is 17.2 Å². The van der Waals surface area contributed by atoms with E-state index in [0.717, 1.165) is 11.1 Å². The Balaban J connectivity index is 1.89. The third-order valence-electron chi connectivity index (χ3n) is 3.46. The molecule has 0 N–H and O–H groups in total. The largest absolute Gasteiger partial charge is 0.243 e. The Morgan fingerprint density at radius 3 is 2.40 bits per heavy atom. The lowest BCUT2D eigenvalue weighted by atomic mass is 10.2. The van der Waals surface area contributed by atoms with E-state index in [-0.39, 0.29) is 6.04 Å². The van der Waals surface area contributed by atoms with Crippen LogP contribution in [-0.4, -0.2) is 19.3 Å². The molecule has 0 saturated carbocycles. The molecular weight excluding hydrogens is 294 g/mol. The molecule has 1 aliphatic heterocycles. The number of aryl methyl sites for hydroxylation is 1. The molecule has 1 fully saturated rings. The second kappa shape index (κ2) is 4.88. The monoisotopic (exact) mass is 307 g/mol. The first-order valence-electron chi connectivity index (χ1n) is 6.33. The molecule has 1 saturated heterocycles. The van der Waals surface area contributed by atoms with Gasteiger partial charge in [0, 0.05) is 11.6 Å². The van der Waals surface area contributed by atoms with Crippen molar-refractivity contribution in [1.29, 1.82) is 0 Å². The zero-order chi connectivity index (χ0) is 14.3. The van der Waals surface area contributed by atoms with Crippen molar-refractivity contribution in [1.82, 2.24) is 4.31 Å². The van der Waals surface area contributed by atoms with Gasteiger partial charge in [-0.1, -0.05) is 47.5 Å². The molecule has 0 aliphatic carbocycles. The third kappa shape index (κ3) is 2.35. The molecule has 2 aromatic rings. The summed E-state index contributed by atoms with van der Waals surface area (Å²) in [6.07, 6.45) is 0. The molecule has 3 nitrogen and oxygen atoms in total. The summed E-state index contributed by atoms with van der Waals surface area (Å²) in [4.78, 5) is 0.331. The fourth-order valence-electron chi connectivity index (χ4n) is 2.23. The van der Waals surface area contributed by atoms with Crippen LogP contribution >= 0.6 is 11.6 Å². The molecule has 0 spiro atoms. The summed E-state index contributed by atoms with van der Waals surface area (Å²) in [6.45, 7) is 2.42. The van der Waals surface area contributed by atoms with E-state index in [1.165, 1.54) is 4.31 Å². The number of halogens is 1. The minimum absolute atomic E-state index is 0.144. The molecule has 0 bridgehead atoms. The van der Waals surface area contributed by atoms with Crippen molar-refractivity contribution in [2.45, 2.75) is 17.9 Å². The zero-order valence-electron chi connectivity index (χ0n) is 11.0. The smallest absolute Gasteiger partial charge is 0.207 e. The maximum Gasteiger partial charge on any atom is 0.243 e. The molecule has 0 amide bonds. The summed E-state index contributed by atoms with van der Waals surface area (Å²) in [7, 11) is -3.42. The fraction of sp³-hybridized carbons (Fsp3) is 0.200. The molecule has 5 heteroatoms. The van der Waals surface area contributed by atoms with Gasteiger partial charge in [-0.25, -0.2) is 8.42 Å². The van der Waals surface area contributed by atoms with Gasteiger partial charge < -0.3 is 0 Å². The quantitative estimate of drug-likeness (QED) is 0.815. The molecular formula is C15H14ClNO2S. The topological polar surface area (TPSA) is 37.1 Å². The van der Waals surface area contributed by atoms with Crippen LogP contribution in [0.25, 0.3) is 0 Å². The summed E-state index contributed by atoms with van der Waals surface area (Å²) in [5.74, 6) is 0. The van der Waals surface area contributed by atoms with E-state index >= 15 is 0 Å². The van der Waals surface area contributed by atoms with Crippen molar-refractivity contribution >= 4 is 21.6 Å². The molecule has 3 rings (SSSR count). The Morgan fingerprint density at radius 1 is 1.10 bits per heavy atom. The molecule has 2 atom stereocenters. The second-order valence-electron chi connectivity index (χ2n) is 4.93. The normalized spacial score (nSPS) is 21.7. The highest BCUT2D eigenvalue weighted by Crippen LogP contribution is 2.42. The summed E-state index contributed by atoms with van der Waals surface area (Å²) in [5.41, 5.74) is 1.90. The minimum atomic E-state index is -3.42. The lowest BCUT2D eigenvalue weighted by Crippen LogP contribution is -2.12. The summed E-state index contributed by atoms with van der Waals surface area (Å²) in [5, 5.41) is 0.610. The van der Waals surface area contributed by atoms with Crippen molar-refractivity contribution < 1.29 is 8.42 Å². The molecule has 1 heterocycles. The van der Waals surface area contributed by atoms with Crippen LogP contribution in [0.2, 0.25) is 5.02 Å². The predicted molar refractivity (Wildman–Crippen MR) is 79.3 cm³/mol. The molecule has 20 heavy (non-hydrogen) atoms. The predicted octanol–water partition coefficient (Wildman–Crippen LogP) is 3.39. The van der Waals surface area contributed by atoms with Crippen LogP contribution in [-0.2, 0) is 10.0 Å². The van der Waals surface area contributed by atoms with Crippen LogP contribution in [0.4, 0.5) is 0 Å². The van der Waals surface area contributed by atoms with E-state index in [0.29, 0.717) is 16.5 Å². The summed E-state index contributed by atoms with van der Waals surface area (Å²) in [6, 6.07) is 14.1. The van der Waals surface area contributed by atoms with Crippen molar-refractivity contribution in [3.05, 3.63) is 64.7 Å². The molecule has 1 aliphatic rings. The number of hydrogen-bond donors (Lipinski definition) is 0. The van der Waals surface area contributed by atoms with Crippen LogP contribution < -0.4 is 0 Å². The molecule has 0 radical (unpaired) electrons. The SMILES string of the molecule is Cc1ccc(S(=O)(=O)N2CC2c2ccccc2Cl)cc1. The maximum atomic E-state index is 12.5. The van der Waals surface area contributed by atoms with Gasteiger partial charge in [-0.15, -0.1) is 0 Å². The average molecular weight is 308 g/mol. The van der Waals surface area contributed by atoms with Crippen molar-refractivity contribution in [3.8, 4) is 0 Å². The third-order valence-corrected chi connectivity index (χ3v) is 5.69. The first-order chi connectivity index (χ1) is 9.50. The Morgan fingerprint density at radius 2 is 1.75 bits per heavy atom. The van der Waals surface area contributed by atoms with Gasteiger partial charge >= 0.3 is 0 Å². The minimum Gasteiger partial charge on any atom is -0.207 e. The lowest BCUT2D eigenvalue weighted by Gasteiger charge is -2.07. The number of rotatable bonds is 3. The first-order valence-corrected chi connectivity index (χ1v) is 8.15. The average Bonchev–Trinajstić information content (AvgIpc) is 3.20. The fourth-order valence-corrected chi connectivity index (χ4v) is 4.03. The van der Waals surface area contributed by atoms with Crippen LogP contribution in [0, 0.1) is 6.92 Å². The van der Waals surface area contributed by atoms with Gasteiger partial charge in [0.15, 0.2) is 0 Å². The lowest BCUT2D eigenvalue weighted by molar-refractivity contribution is 0.554. The van der Waals surface area contributed by atoms with E-state index in [9.17, 15) is 8.42 Å². The van der Waals surface area contributed by atoms with E-state index < -0.39 is 10.0 Å². The van der Waals surface area contributed by atoms with Gasteiger partial charge in [-0.2, -0.15) is 4.31 Å². The van der Waals surface area contributed by atoms with Gasteiger partial charge in [-0.3, -0.25) is 0 Å². The zero-order valence-corrected chi connectivity index (χ0v) is 12.5. The standard InChI is InChI=1S/C15H14ClNO2S/c1-11-6-8-12(9-7-11)20(18,19)17-10-15(17)13-4-2-3-5-14(13)16/h2-9,15H,10H2,1H3. The van der Waals surface area contributed by atoms with E-state index in [2.05, 4.69) is 0 Å². The Bertz CT molecular complexity index is 741. The van der Waals surface area contributed by atoms with Gasteiger partial charge in [0.1, 0.15) is 0 Å². The number of benzene rings is 2. The van der Waals surface area contributed by atoms with Crippen LogP contribution in [0.3, 0.4) is 0 Å². The molecule has 0 aromatic heterocycles. The first kappa shape index (κ1) is 13.6. The maximum absolute atomic E-state index is 12.5. The van der Waals surface area contributed by atoms with Gasteiger partial charge in [0.25, 0.3) is 0 Å². The number of nitrogens with zero attached hydrogens (tertiary/aromatic N) is 1. The second-order valence-corrected chi connectivity index (χ2v) is 7.22. The van der Waals surface area contributed by atoms with Crippen molar-refractivity contribution in [2.24, 2.45) is 0 Å². The van der Waals surface area contributed by atoms with Crippen molar-refractivity contribution in [3.63, 3.8) is 0 Å². The Hall–Kier alpha value is -1.36. The Labute approximate surface area is 123 Å². The van der Waals surface area contributed by atoms with Crippen LogP contribution in [0.15, 0.2) is 53.4 Å². The van der Waals surface area contributed by atoms with Gasteiger partial charge in [0.2, 0.25) is 10.0 Å². The van der Waals surface area contributed by atoms with Crippen LogP contribution in [0.5, 0.6) is 0 Å². The van der Waals surface area contributed by atoms with Crippen molar-refractivity contribution in [2.75, 3.05) is 6.54 Å². The van der Waals surface area contributed by atoms with E-state index in [4.69, 9.17) is 11.6 Å². The highest BCUT2D eigenvalue weighted by molar-refractivity contribution is 7.89. The number of sulfonamides is 1. The highest BCUT2D eigenvalue weighted by Gasteiger charge is 2.46. The molecule has 2 unspecified atom stereocenters. The number of hydrogen-bond acceptors (Lipinski definition) is 2. The van der Waals surface area contributed by atoms with Gasteiger partial charge in [0.05, 0.1) is 10.9 Å².